The van der Waals surface area contributed by atoms with Crippen LogP contribution < -0.4 is 4.90 Å². The number of carbonyl (C=O) groups is 2. The van der Waals surface area contributed by atoms with Gasteiger partial charge in [0.25, 0.3) is 5.91 Å². The molecule has 1 aliphatic heterocycles. The number of amides is 2. The number of hydrogen-bond donors (Lipinski definition) is 0. The molecule has 1 aliphatic rings. The van der Waals surface area contributed by atoms with Crippen LogP contribution in [0.4, 0.5) is 10.5 Å². The highest BCUT2D eigenvalue weighted by atomic mass is 35.5. The van der Waals surface area contributed by atoms with E-state index in [9.17, 15) is 19.7 Å². The summed E-state index contributed by atoms with van der Waals surface area (Å²) >= 11 is 6.14. The van der Waals surface area contributed by atoms with E-state index in [1.54, 1.807) is 84.9 Å². The van der Waals surface area contributed by atoms with Crippen molar-refractivity contribution in [2.24, 2.45) is 0 Å². The number of nitro groups is 1. The molecule has 4 rings (SSSR count). The van der Waals surface area contributed by atoms with Crippen molar-refractivity contribution in [3.8, 4) is 0 Å². The Morgan fingerprint density at radius 1 is 0.968 bits per heavy atom. The highest BCUT2D eigenvalue weighted by molar-refractivity contribution is 6.30. The molecule has 3 aromatic rings. The Labute approximate surface area is 183 Å². The summed E-state index contributed by atoms with van der Waals surface area (Å²) in [5, 5.41) is 12.0. The van der Waals surface area contributed by atoms with Gasteiger partial charge in [-0.1, -0.05) is 72.3 Å². The summed E-state index contributed by atoms with van der Waals surface area (Å²) < 4.78 is 5.76. The fourth-order valence-corrected chi connectivity index (χ4v) is 4.11. The molecule has 1 heterocycles. The monoisotopic (exact) mass is 436 g/mol. The molecule has 0 aliphatic carbocycles. The maximum Gasteiger partial charge on any atom is 0.422 e. The van der Waals surface area contributed by atoms with Gasteiger partial charge in [0.15, 0.2) is 0 Å². The maximum absolute atomic E-state index is 13.8. The average molecular weight is 437 g/mol. The number of hydrogen-bond acceptors (Lipinski definition) is 5. The van der Waals surface area contributed by atoms with Gasteiger partial charge in [0.1, 0.15) is 5.92 Å². The largest absolute Gasteiger partial charge is 0.426 e. The molecule has 31 heavy (non-hydrogen) atoms. The molecule has 8 heteroatoms. The van der Waals surface area contributed by atoms with Crippen molar-refractivity contribution in [2.75, 3.05) is 11.4 Å². The van der Waals surface area contributed by atoms with Crippen LogP contribution in [0.3, 0.4) is 0 Å². The summed E-state index contributed by atoms with van der Waals surface area (Å²) in [6.07, 6.45) is -0.893. The third-order valence-electron chi connectivity index (χ3n) is 5.24. The zero-order valence-electron chi connectivity index (χ0n) is 16.2. The predicted octanol–water partition coefficient (Wildman–Crippen LogP) is 4.78. The van der Waals surface area contributed by atoms with Crippen LogP contribution in [0.25, 0.3) is 0 Å². The molecule has 0 saturated carbocycles. The Morgan fingerprint density at radius 2 is 1.61 bits per heavy atom. The summed E-state index contributed by atoms with van der Waals surface area (Å²) in [6.45, 7) is -0.642. The normalized spacial score (nSPS) is 19.2. The molecule has 1 unspecified atom stereocenters. The number of para-hydroxylation sites is 1. The molecular formula is C23H17ClN2O5. The Bertz CT molecular complexity index is 1140. The van der Waals surface area contributed by atoms with Crippen LogP contribution in [0.15, 0.2) is 84.9 Å². The van der Waals surface area contributed by atoms with E-state index in [1.807, 2.05) is 0 Å². The predicted molar refractivity (Wildman–Crippen MR) is 115 cm³/mol. The van der Waals surface area contributed by atoms with E-state index in [4.69, 9.17) is 16.3 Å². The summed E-state index contributed by atoms with van der Waals surface area (Å²) in [6, 6.07) is 23.1. The van der Waals surface area contributed by atoms with Crippen molar-refractivity contribution >= 4 is 29.3 Å². The SMILES string of the molecule is O=C1OC(c2ccccc2)([C@H](C[N+](=O)[O-])c2cccc(Cl)c2)C(=O)N1c1ccccc1. The molecule has 7 nitrogen and oxygen atoms in total. The van der Waals surface area contributed by atoms with Gasteiger partial charge in [0.2, 0.25) is 12.1 Å². The third-order valence-corrected chi connectivity index (χ3v) is 5.48. The minimum Gasteiger partial charge on any atom is -0.426 e. The number of halogens is 1. The molecule has 0 aromatic heterocycles. The van der Waals surface area contributed by atoms with Crippen LogP contribution in [-0.4, -0.2) is 23.5 Å². The number of carbonyl (C=O) groups excluding carboxylic acids is 2. The molecule has 0 radical (unpaired) electrons. The van der Waals surface area contributed by atoms with Crippen LogP contribution in [-0.2, 0) is 15.1 Å². The first kappa shape index (κ1) is 20.6. The van der Waals surface area contributed by atoms with E-state index in [-0.39, 0.29) is 0 Å². The first-order chi connectivity index (χ1) is 14.9. The lowest BCUT2D eigenvalue weighted by atomic mass is 9.76. The number of ether oxygens (including phenoxy) is 1. The molecule has 2 atom stereocenters. The average Bonchev–Trinajstić information content (AvgIpc) is 3.04. The second-order valence-electron chi connectivity index (χ2n) is 7.07. The first-order valence-electron chi connectivity index (χ1n) is 9.49. The molecule has 3 aromatic carbocycles. The van der Waals surface area contributed by atoms with Crippen molar-refractivity contribution < 1.29 is 19.2 Å². The van der Waals surface area contributed by atoms with Gasteiger partial charge < -0.3 is 4.74 Å². The first-order valence-corrected chi connectivity index (χ1v) is 9.86. The van der Waals surface area contributed by atoms with Gasteiger partial charge in [-0.3, -0.25) is 14.9 Å². The van der Waals surface area contributed by atoms with Crippen molar-refractivity contribution in [1.82, 2.24) is 0 Å². The Balaban J connectivity index is 1.95. The van der Waals surface area contributed by atoms with Crippen molar-refractivity contribution in [1.29, 1.82) is 0 Å². The van der Waals surface area contributed by atoms with E-state index in [2.05, 4.69) is 0 Å². The summed E-state index contributed by atoms with van der Waals surface area (Å²) in [5.74, 6) is -1.80. The Hall–Kier alpha value is -3.71. The van der Waals surface area contributed by atoms with Crippen LogP contribution in [0.2, 0.25) is 5.02 Å². The highest BCUT2D eigenvalue weighted by Crippen LogP contribution is 2.47. The molecule has 0 bridgehead atoms. The fraction of sp³-hybridized carbons (Fsp3) is 0.130. The number of benzene rings is 3. The molecule has 2 amide bonds. The number of rotatable bonds is 6. The molecular weight excluding hydrogens is 420 g/mol. The standard InChI is InChI=1S/C23H17ClN2O5/c24-18-11-7-8-16(14-18)20(15-25(29)30)23(17-9-3-1-4-10-17)21(27)26(22(28)31-23)19-12-5-2-6-13-19/h1-14,20H,15H2/t20-,23?/m1/s1. The number of anilines is 1. The lowest BCUT2D eigenvalue weighted by Gasteiger charge is -2.32. The zero-order chi connectivity index (χ0) is 22.0. The van der Waals surface area contributed by atoms with Gasteiger partial charge in [0, 0.05) is 15.5 Å². The van der Waals surface area contributed by atoms with E-state index < -0.39 is 35.0 Å². The Kier molecular flexibility index (Phi) is 5.44. The lowest BCUT2D eigenvalue weighted by molar-refractivity contribution is -0.486. The zero-order valence-corrected chi connectivity index (χ0v) is 16.9. The molecule has 156 valence electrons. The Morgan fingerprint density at radius 3 is 2.23 bits per heavy atom. The van der Waals surface area contributed by atoms with Gasteiger partial charge >= 0.3 is 6.09 Å². The fourth-order valence-electron chi connectivity index (χ4n) is 3.91. The summed E-state index contributed by atoms with van der Waals surface area (Å²) in [7, 11) is 0. The van der Waals surface area contributed by atoms with Crippen molar-refractivity contribution in [2.45, 2.75) is 11.5 Å². The minimum absolute atomic E-state index is 0.321. The van der Waals surface area contributed by atoms with Gasteiger partial charge in [0.05, 0.1) is 5.69 Å². The number of imide groups is 1. The van der Waals surface area contributed by atoms with Crippen LogP contribution in [0.1, 0.15) is 17.0 Å². The summed E-state index contributed by atoms with van der Waals surface area (Å²) in [5.41, 5.74) is -0.838. The second-order valence-corrected chi connectivity index (χ2v) is 7.51. The van der Waals surface area contributed by atoms with Gasteiger partial charge in [-0.2, -0.15) is 0 Å². The molecule has 0 N–H and O–H groups in total. The topological polar surface area (TPSA) is 89.7 Å². The molecule has 1 saturated heterocycles. The molecule has 1 fully saturated rings. The van der Waals surface area contributed by atoms with Gasteiger partial charge in [-0.15, -0.1) is 0 Å². The van der Waals surface area contributed by atoms with Crippen LogP contribution in [0, 0.1) is 10.1 Å². The number of cyclic esters (lactones) is 1. The maximum atomic E-state index is 13.8. The smallest absolute Gasteiger partial charge is 0.422 e. The molecule has 0 spiro atoms. The van der Waals surface area contributed by atoms with Gasteiger partial charge in [-0.05, 0) is 29.8 Å². The summed E-state index contributed by atoms with van der Waals surface area (Å²) in [4.78, 5) is 38.8. The van der Waals surface area contributed by atoms with E-state index in [0.717, 1.165) is 4.90 Å². The van der Waals surface area contributed by atoms with Crippen LogP contribution in [0.5, 0.6) is 0 Å². The quantitative estimate of drug-likeness (QED) is 0.409. The van der Waals surface area contributed by atoms with Crippen LogP contribution >= 0.6 is 11.6 Å². The highest BCUT2D eigenvalue weighted by Gasteiger charge is 2.62. The minimum atomic E-state index is -1.92. The van der Waals surface area contributed by atoms with Gasteiger partial charge in [-0.25, -0.2) is 9.69 Å². The second kappa shape index (κ2) is 8.20. The third kappa shape index (κ3) is 3.64. The number of nitrogens with zero attached hydrogens (tertiary/aromatic N) is 2. The van der Waals surface area contributed by atoms with E-state index in [1.165, 1.54) is 0 Å². The van der Waals surface area contributed by atoms with E-state index >= 15 is 0 Å². The van der Waals surface area contributed by atoms with E-state index in [0.29, 0.717) is 21.8 Å². The lowest BCUT2D eigenvalue weighted by Crippen LogP contribution is -2.46. The van der Waals surface area contributed by atoms with Crippen molar-refractivity contribution in [3.63, 3.8) is 0 Å². The van der Waals surface area contributed by atoms with Crippen molar-refractivity contribution in [3.05, 3.63) is 111 Å².